The molecule has 0 atom stereocenters. The largest absolute Gasteiger partial charge is 0.376 e. The zero-order valence-corrected chi connectivity index (χ0v) is 10.1. The first-order valence-electron chi connectivity index (χ1n) is 5.59. The number of nitro groups is 1. The van der Waals surface area contributed by atoms with Gasteiger partial charge in [0.15, 0.2) is 11.6 Å². The second kappa shape index (κ2) is 5.60. The molecule has 0 aliphatic carbocycles. The monoisotopic (exact) mass is 282 g/mol. The molecule has 2 aromatic carbocycles. The van der Waals surface area contributed by atoms with Crippen LogP contribution in [0.5, 0.6) is 0 Å². The zero-order valence-electron chi connectivity index (χ0n) is 10.1. The second-order valence-corrected chi connectivity index (χ2v) is 4.02. The molecule has 0 unspecified atom stereocenters. The molecule has 7 heteroatoms. The van der Waals surface area contributed by atoms with Gasteiger partial charge in [0.25, 0.3) is 5.69 Å². The Labute approximate surface area is 112 Å². The van der Waals surface area contributed by atoms with Crippen molar-refractivity contribution in [1.82, 2.24) is 0 Å². The third-order valence-electron chi connectivity index (χ3n) is 2.60. The van der Waals surface area contributed by atoms with Crippen molar-refractivity contribution in [1.29, 1.82) is 0 Å². The SMILES string of the molecule is O=[N+]([O-])c1cccc(CNc2c(F)cc(F)cc2F)c1. The molecular formula is C13H9F3N2O2. The van der Waals surface area contributed by atoms with Crippen LogP contribution in [0.1, 0.15) is 5.56 Å². The number of benzene rings is 2. The number of nitrogens with zero attached hydrogens (tertiary/aromatic N) is 1. The number of nitrogens with one attached hydrogen (secondary N) is 1. The van der Waals surface area contributed by atoms with Gasteiger partial charge in [0.05, 0.1) is 4.92 Å². The molecule has 0 aliphatic heterocycles. The molecule has 0 aromatic heterocycles. The highest BCUT2D eigenvalue weighted by Crippen LogP contribution is 2.21. The molecule has 104 valence electrons. The van der Waals surface area contributed by atoms with Crippen molar-refractivity contribution in [2.24, 2.45) is 0 Å². The molecule has 0 saturated heterocycles. The molecule has 2 rings (SSSR count). The predicted molar refractivity (Wildman–Crippen MR) is 66.7 cm³/mol. The number of hydrogen-bond acceptors (Lipinski definition) is 3. The topological polar surface area (TPSA) is 55.2 Å². The van der Waals surface area contributed by atoms with Crippen molar-refractivity contribution in [3.63, 3.8) is 0 Å². The minimum atomic E-state index is -1.06. The van der Waals surface area contributed by atoms with Crippen LogP contribution in [0.3, 0.4) is 0 Å². The highest BCUT2D eigenvalue weighted by molar-refractivity contribution is 5.47. The second-order valence-electron chi connectivity index (χ2n) is 4.02. The van der Waals surface area contributed by atoms with E-state index in [1.165, 1.54) is 18.2 Å². The molecule has 0 amide bonds. The normalized spacial score (nSPS) is 10.3. The summed E-state index contributed by atoms with van der Waals surface area (Å²) >= 11 is 0. The molecule has 0 saturated carbocycles. The number of hydrogen-bond donors (Lipinski definition) is 1. The van der Waals surface area contributed by atoms with Gasteiger partial charge in [-0.05, 0) is 5.56 Å². The van der Waals surface area contributed by atoms with Crippen LogP contribution in [0.2, 0.25) is 0 Å². The lowest BCUT2D eigenvalue weighted by Crippen LogP contribution is -2.05. The lowest BCUT2D eigenvalue weighted by Gasteiger charge is -2.09. The molecule has 1 N–H and O–H groups in total. The Morgan fingerprint density at radius 3 is 2.35 bits per heavy atom. The van der Waals surface area contributed by atoms with E-state index in [4.69, 9.17) is 0 Å². The first-order chi connectivity index (χ1) is 9.47. The van der Waals surface area contributed by atoms with Gasteiger partial charge in [-0.1, -0.05) is 12.1 Å². The maximum atomic E-state index is 13.4. The van der Waals surface area contributed by atoms with Gasteiger partial charge < -0.3 is 5.32 Å². The van der Waals surface area contributed by atoms with E-state index in [2.05, 4.69) is 5.32 Å². The summed E-state index contributed by atoms with van der Waals surface area (Å²) in [6.07, 6.45) is 0. The molecule has 4 nitrogen and oxygen atoms in total. The van der Waals surface area contributed by atoms with Crippen molar-refractivity contribution >= 4 is 11.4 Å². The van der Waals surface area contributed by atoms with Crippen LogP contribution in [-0.2, 0) is 6.54 Å². The van der Waals surface area contributed by atoms with Crippen molar-refractivity contribution < 1.29 is 18.1 Å². The lowest BCUT2D eigenvalue weighted by molar-refractivity contribution is -0.384. The first-order valence-corrected chi connectivity index (χ1v) is 5.59. The van der Waals surface area contributed by atoms with Gasteiger partial charge in [-0.2, -0.15) is 0 Å². The molecule has 0 fully saturated rings. The maximum absolute atomic E-state index is 13.4. The summed E-state index contributed by atoms with van der Waals surface area (Å²) in [5.41, 5.74) is -0.121. The average molecular weight is 282 g/mol. The van der Waals surface area contributed by atoms with Crippen LogP contribution in [0.25, 0.3) is 0 Å². The Bertz CT molecular complexity index is 639. The third-order valence-corrected chi connectivity index (χ3v) is 2.60. The fourth-order valence-corrected chi connectivity index (χ4v) is 1.68. The van der Waals surface area contributed by atoms with E-state index < -0.39 is 28.1 Å². The molecule has 20 heavy (non-hydrogen) atoms. The molecule has 0 heterocycles. The smallest absolute Gasteiger partial charge is 0.269 e. The van der Waals surface area contributed by atoms with E-state index in [1.54, 1.807) is 6.07 Å². The molecule has 0 bridgehead atoms. The van der Waals surface area contributed by atoms with Gasteiger partial charge in [0.1, 0.15) is 11.5 Å². The summed E-state index contributed by atoms with van der Waals surface area (Å²) in [6.45, 7) is -0.0266. The van der Waals surface area contributed by atoms with E-state index in [9.17, 15) is 23.3 Å². The Kier molecular flexibility index (Phi) is 3.88. The van der Waals surface area contributed by atoms with Crippen LogP contribution in [-0.4, -0.2) is 4.92 Å². The number of anilines is 1. The highest BCUT2D eigenvalue weighted by Gasteiger charge is 2.12. The number of non-ortho nitro benzene ring substituents is 1. The van der Waals surface area contributed by atoms with Crippen LogP contribution in [0.15, 0.2) is 36.4 Å². The van der Waals surface area contributed by atoms with E-state index >= 15 is 0 Å². The van der Waals surface area contributed by atoms with E-state index in [0.29, 0.717) is 17.7 Å². The lowest BCUT2D eigenvalue weighted by atomic mass is 10.2. The van der Waals surface area contributed by atoms with Gasteiger partial charge in [-0.3, -0.25) is 10.1 Å². The van der Waals surface area contributed by atoms with Crippen molar-refractivity contribution in [3.05, 3.63) is 69.5 Å². The zero-order chi connectivity index (χ0) is 14.7. The summed E-state index contributed by atoms with van der Waals surface area (Å²) in [5.74, 6) is -3.14. The van der Waals surface area contributed by atoms with Gasteiger partial charge in [0, 0.05) is 30.8 Å². The maximum Gasteiger partial charge on any atom is 0.269 e. The quantitative estimate of drug-likeness (QED) is 0.688. The van der Waals surface area contributed by atoms with E-state index in [1.807, 2.05) is 0 Å². The summed E-state index contributed by atoms with van der Waals surface area (Å²) in [7, 11) is 0. The van der Waals surface area contributed by atoms with Crippen LogP contribution < -0.4 is 5.32 Å². The predicted octanol–water partition coefficient (Wildman–Crippen LogP) is 3.62. The summed E-state index contributed by atoms with van der Waals surface area (Å²) in [5, 5.41) is 13.0. The fraction of sp³-hybridized carbons (Fsp3) is 0.0769. The highest BCUT2D eigenvalue weighted by atomic mass is 19.1. The molecule has 0 spiro atoms. The summed E-state index contributed by atoms with van der Waals surface area (Å²) < 4.78 is 39.5. The standard InChI is InChI=1S/C13H9F3N2O2/c14-9-5-11(15)13(12(16)6-9)17-7-8-2-1-3-10(4-8)18(19)20/h1-6,17H,7H2. The van der Waals surface area contributed by atoms with E-state index in [0.717, 1.165) is 0 Å². The van der Waals surface area contributed by atoms with Crippen molar-refractivity contribution in [2.75, 3.05) is 5.32 Å². The minimum Gasteiger partial charge on any atom is -0.376 e. The summed E-state index contributed by atoms with van der Waals surface area (Å²) in [6, 6.07) is 6.73. The van der Waals surface area contributed by atoms with Crippen molar-refractivity contribution in [2.45, 2.75) is 6.54 Å². The fourth-order valence-electron chi connectivity index (χ4n) is 1.68. The summed E-state index contributed by atoms with van der Waals surface area (Å²) in [4.78, 5) is 10.0. The number of nitro benzene ring substituents is 1. The van der Waals surface area contributed by atoms with Gasteiger partial charge in [-0.15, -0.1) is 0 Å². The van der Waals surface area contributed by atoms with Crippen LogP contribution in [0.4, 0.5) is 24.5 Å². The molecule has 0 radical (unpaired) electrons. The van der Waals surface area contributed by atoms with Gasteiger partial charge in [-0.25, -0.2) is 13.2 Å². The average Bonchev–Trinajstić information content (AvgIpc) is 2.37. The molecule has 2 aromatic rings. The molecule has 0 aliphatic rings. The van der Waals surface area contributed by atoms with E-state index in [-0.39, 0.29) is 12.2 Å². The first kappa shape index (κ1) is 13.9. The Morgan fingerprint density at radius 2 is 1.75 bits per heavy atom. The van der Waals surface area contributed by atoms with Gasteiger partial charge >= 0.3 is 0 Å². The number of rotatable bonds is 4. The third kappa shape index (κ3) is 3.05. The van der Waals surface area contributed by atoms with Gasteiger partial charge in [0.2, 0.25) is 0 Å². The Morgan fingerprint density at radius 1 is 1.10 bits per heavy atom. The number of halogens is 3. The Balaban J connectivity index is 2.17. The molecular weight excluding hydrogens is 273 g/mol. The minimum absolute atomic E-state index is 0.0266. The van der Waals surface area contributed by atoms with Crippen molar-refractivity contribution in [3.8, 4) is 0 Å². The Hall–Kier alpha value is -2.57. The van der Waals surface area contributed by atoms with Crippen LogP contribution in [0, 0.1) is 27.6 Å². The van der Waals surface area contributed by atoms with Crippen LogP contribution >= 0.6 is 0 Å².